The highest BCUT2D eigenvalue weighted by molar-refractivity contribution is 5.43. The maximum absolute atomic E-state index is 10.8. The second kappa shape index (κ2) is 6.85. The summed E-state index contributed by atoms with van der Waals surface area (Å²) in [5.74, 6) is 0.650. The van der Waals surface area contributed by atoms with E-state index >= 15 is 0 Å². The number of hydrogen-bond acceptors (Lipinski definition) is 4. The number of nitro benzene ring substituents is 1. The summed E-state index contributed by atoms with van der Waals surface area (Å²) in [6.07, 6.45) is 0. The van der Waals surface area contributed by atoms with Crippen molar-refractivity contribution in [2.24, 2.45) is 0 Å². The van der Waals surface area contributed by atoms with Gasteiger partial charge < -0.3 is 10.1 Å². The first-order valence-electron chi connectivity index (χ1n) is 6.67. The van der Waals surface area contributed by atoms with Gasteiger partial charge in [-0.1, -0.05) is 29.8 Å². The van der Waals surface area contributed by atoms with Crippen LogP contribution in [-0.2, 0) is 13.1 Å². The number of rotatable bonds is 6. The molecule has 0 bridgehead atoms. The van der Waals surface area contributed by atoms with Gasteiger partial charge in [-0.05, 0) is 18.6 Å². The van der Waals surface area contributed by atoms with Gasteiger partial charge in [-0.15, -0.1) is 0 Å². The minimum Gasteiger partial charge on any atom is -0.496 e. The molecule has 110 valence electrons. The first-order valence-corrected chi connectivity index (χ1v) is 6.67. The molecule has 0 saturated carbocycles. The molecule has 0 aliphatic carbocycles. The lowest BCUT2D eigenvalue weighted by atomic mass is 10.1. The van der Waals surface area contributed by atoms with Crippen molar-refractivity contribution in [3.63, 3.8) is 0 Å². The SMILES string of the molecule is COc1ccc([N+](=O)[O-])cc1CNCc1ccc(C)cc1. The Labute approximate surface area is 123 Å². The lowest BCUT2D eigenvalue weighted by molar-refractivity contribution is -0.384. The maximum atomic E-state index is 10.8. The van der Waals surface area contributed by atoms with Crippen molar-refractivity contribution in [3.05, 3.63) is 69.3 Å². The van der Waals surface area contributed by atoms with Gasteiger partial charge >= 0.3 is 0 Å². The first kappa shape index (κ1) is 15.0. The molecule has 0 spiro atoms. The highest BCUT2D eigenvalue weighted by Gasteiger charge is 2.10. The van der Waals surface area contributed by atoms with Crippen molar-refractivity contribution in [1.29, 1.82) is 0 Å². The van der Waals surface area contributed by atoms with E-state index in [9.17, 15) is 10.1 Å². The van der Waals surface area contributed by atoms with Gasteiger partial charge in [0.25, 0.3) is 5.69 Å². The van der Waals surface area contributed by atoms with Crippen molar-refractivity contribution in [2.75, 3.05) is 7.11 Å². The quantitative estimate of drug-likeness (QED) is 0.654. The van der Waals surface area contributed by atoms with Crippen LogP contribution in [0.4, 0.5) is 5.69 Å². The standard InChI is InChI=1S/C16H18N2O3/c1-12-3-5-13(6-4-12)10-17-11-14-9-15(18(19)20)7-8-16(14)21-2/h3-9,17H,10-11H2,1-2H3. The third-order valence-corrected chi connectivity index (χ3v) is 3.24. The van der Waals surface area contributed by atoms with Crippen LogP contribution < -0.4 is 10.1 Å². The van der Waals surface area contributed by atoms with Crippen molar-refractivity contribution in [1.82, 2.24) is 5.32 Å². The van der Waals surface area contributed by atoms with Crippen LogP contribution in [-0.4, -0.2) is 12.0 Å². The van der Waals surface area contributed by atoms with Crippen molar-refractivity contribution >= 4 is 5.69 Å². The van der Waals surface area contributed by atoms with Gasteiger partial charge in [0.05, 0.1) is 12.0 Å². The summed E-state index contributed by atoms with van der Waals surface area (Å²) in [6, 6.07) is 12.9. The maximum Gasteiger partial charge on any atom is 0.270 e. The fourth-order valence-corrected chi connectivity index (χ4v) is 2.06. The molecule has 0 aliphatic rings. The second-order valence-corrected chi connectivity index (χ2v) is 4.84. The number of ether oxygens (including phenoxy) is 1. The molecule has 2 rings (SSSR count). The topological polar surface area (TPSA) is 64.4 Å². The Morgan fingerprint density at radius 2 is 1.86 bits per heavy atom. The van der Waals surface area contributed by atoms with E-state index in [1.165, 1.54) is 17.2 Å². The predicted molar refractivity (Wildman–Crippen MR) is 81.4 cm³/mol. The minimum atomic E-state index is -0.400. The zero-order chi connectivity index (χ0) is 15.2. The van der Waals surface area contributed by atoms with Gasteiger partial charge in [-0.2, -0.15) is 0 Å². The first-order chi connectivity index (χ1) is 10.1. The van der Waals surface area contributed by atoms with Crippen LogP contribution in [0.1, 0.15) is 16.7 Å². The van der Waals surface area contributed by atoms with Crippen molar-refractivity contribution in [2.45, 2.75) is 20.0 Å². The van der Waals surface area contributed by atoms with Gasteiger partial charge in [0, 0.05) is 30.8 Å². The number of nitrogens with one attached hydrogen (secondary N) is 1. The molecule has 0 heterocycles. The summed E-state index contributed by atoms with van der Waals surface area (Å²) in [5, 5.41) is 14.1. The zero-order valence-corrected chi connectivity index (χ0v) is 12.1. The Balaban J connectivity index is 2.03. The molecule has 2 aromatic rings. The minimum absolute atomic E-state index is 0.0722. The van der Waals surface area contributed by atoms with Crippen molar-refractivity contribution in [3.8, 4) is 5.75 Å². The van der Waals surface area contributed by atoms with E-state index < -0.39 is 4.92 Å². The van der Waals surface area contributed by atoms with E-state index in [0.29, 0.717) is 18.8 Å². The molecule has 0 amide bonds. The third kappa shape index (κ3) is 4.03. The van der Waals surface area contributed by atoms with E-state index in [1.54, 1.807) is 19.2 Å². The summed E-state index contributed by atoms with van der Waals surface area (Å²) in [5.41, 5.74) is 3.24. The van der Waals surface area contributed by atoms with Crippen molar-refractivity contribution < 1.29 is 9.66 Å². The average molecular weight is 286 g/mol. The number of hydrogen-bond donors (Lipinski definition) is 1. The van der Waals surface area contributed by atoms with E-state index in [2.05, 4.69) is 29.6 Å². The number of nitro groups is 1. The Bertz CT molecular complexity index is 624. The number of nitrogens with zero attached hydrogens (tertiary/aromatic N) is 1. The molecule has 0 atom stereocenters. The summed E-state index contributed by atoms with van der Waals surface area (Å²) in [6.45, 7) is 3.26. The van der Waals surface area contributed by atoms with Gasteiger partial charge in [0.2, 0.25) is 0 Å². The molecular weight excluding hydrogens is 268 g/mol. The van der Waals surface area contributed by atoms with Crippen LogP contribution in [0.25, 0.3) is 0 Å². The number of methoxy groups -OCH3 is 1. The zero-order valence-electron chi connectivity index (χ0n) is 12.1. The summed E-state index contributed by atoms with van der Waals surface area (Å²) >= 11 is 0. The average Bonchev–Trinajstić information content (AvgIpc) is 2.49. The van der Waals surface area contributed by atoms with Crippen LogP contribution in [0.3, 0.4) is 0 Å². The highest BCUT2D eigenvalue weighted by atomic mass is 16.6. The Kier molecular flexibility index (Phi) is 4.90. The van der Waals surface area contributed by atoms with Crippen LogP contribution in [0.2, 0.25) is 0 Å². The lowest BCUT2D eigenvalue weighted by Gasteiger charge is -2.10. The Hall–Kier alpha value is -2.40. The van der Waals surface area contributed by atoms with Gasteiger partial charge in [-0.3, -0.25) is 10.1 Å². The number of benzene rings is 2. The predicted octanol–water partition coefficient (Wildman–Crippen LogP) is 3.20. The highest BCUT2D eigenvalue weighted by Crippen LogP contribution is 2.23. The van der Waals surface area contributed by atoms with Crippen LogP contribution in [0.5, 0.6) is 5.75 Å². The number of aryl methyl sites for hydroxylation is 1. The van der Waals surface area contributed by atoms with E-state index in [-0.39, 0.29) is 5.69 Å². The summed E-state index contributed by atoms with van der Waals surface area (Å²) in [4.78, 5) is 10.4. The smallest absolute Gasteiger partial charge is 0.270 e. The largest absolute Gasteiger partial charge is 0.496 e. The molecule has 5 heteroatoms. The monoisotopic (exact) mass is 286 g/mol. The molecule has 0 unspecified atom stereocenters. The van der Waals surface area contributed by atoms with Crippen LogP contribution in [0, 0.1) is 17.0 Å². The molecule has 1 N–H and O–H groups in total. The van der Waals surface area contributed by atoms with Crippen LogP contribution >= 0.6 is 0 Å². The number of non-ortho nitro benzene ring substituents is 1. The lowest BCUT2D eigenvalue weighted by Crippen LogP contribution is -2.13. The molecule has 0 radical (unpaired) electrons. The molecule has 0 aliphatic heterocycles. The molecule has 2 aromatic carbocycles. The molecule has 5 nitrogen and oxygen atoms in total. The molecule has 21 heavy (non-hydrogen) atoms. The van der Waals surface area contributed by atoms with E-state index in [1.807, 2.05) is 6.92 Å². The fourth-order valence-electron chi connectivity index (χ4n) is 2.06. The molecule has 0 saturated heterocycles. The van der Waals surface area contributed by atoms with Gasteiger partial charge in [-0.25, -0.2) is 0 Å². The fraction of sp³-hybridized carbons (Fsp3) is 0.250. The van der Waals surface area contributed by atoms with E-state index in [0.717, 1.165) is 5.56 Å². The molecular formula is C16H18N2O3. The van der Waals surface area contributed by atoms with Gasteiger partial charge in [0.1, 0.15) is 5.75 Å². The Morgan fingerprint density at radius 3 is 2.48 bits per heavy atom. The molecule has 0 fully saturated rings. The second-order valence-electron chi connectivity index (χ2n) is 4.84. The van der Waals surface area contributed by atoms with Gasteiger partial charge in [0.15, 0.2) is 0 Å². The summed E-state index contributed by atoms with van der Waals surface area (Å²) < 4.78 is 5.24. The normalized spacial score (nSPS) is 10.4. The third-order valence-electron chi connectivity index (χ3n) is 3.24. The van der Waals surface area contributed by atoms with Crippen LogP contribution in [0.15, 0.2) is 42.5 Å². The Morgan fingerprint density at radius 1 is 1.14 bits per heavy atom. The molecule has 0 aromatic heterocycles. The summed E-state index contributed by atoms with van der Waals surface area (Å²) in [7, 11) is 1.56. The van der Waals surface area contributed by atoms with E-state index in [4.69, 9.17) is 4.74 Å².